The summed E-state index contributed by atoms with van der Waals surface area (Å²) in [4.78, 5) is 4.42. The maximum atomic E-state index is 5.29. The van der Waals surface area contributed by atoms with Crippen LogP contribution in [0.2, 0.25) is 0 Å². The van der Waals surface area contributed by atoms with Crippen LogP contribution in [0.5, 0.6) is 11.5 Å². The van der Waals surface area contributed by atoms with E-state index in [1.165, 1.54) is 0 Å². The summed E-state index contributed by atoms with van der Waals surface area (Å²) in [6, 6.07) is 11.8. The van der Waals surface area contributed by atoms with Gasteiger partial charge in [-0.25, -0.2) is 4.98 Å². The lowest BCUT2D eigenvalue weighted by Gasteiger charge is -2.07. The molecule has 0 radical (unpaired) electrons. The Balaban J connectivity index is 2.13. The molecule has 20 heavy (non-hydrogen) atoms. The van der Waals surface area contributed by atoms with Gasteiger partial charge in [0.2, 0.25) is 0 Å². The Labute approximate surface area is 125 Å². The molecule has 4 nitrogen and oxygen atoms in total. The third kappa shape index (κ3) is 2.14. The van der Waals surface area contributed by atoms with Crippen molar-refractivity contribution in [2.45, 2.75) is 0 Å². The molecule has 0 aliphatic rings. The summed E-state index contributed by atoms with van der Waals surface area (Å²) >= 11 is 3.51. The van der Waals surface area contributed by atoms with Gasteiger partial charge in [-0.2, -0.15) is 0 Å². The second kappa shape index (κ2) is 5.17. The molecule has 2 aromatic carbocycles. The number of hydrogen-bond donors (Lipinski definition) is 0. The lowest BCUT2D eigenvalue weighted by molar-refractivity contribution is 0.412. The van der Waals surface area contributed by atoms with Crippen LogP contribution in [0.1, 0.15) is 0 Å². The Bertz CT molecular complexity index is 750. The van der Waals surface area contributed by atoms with Crippen molar-refractivity contribution in [2.24, 2.45) is 0 Å². The molecule has 0 fully saturated rings. The molecule has 5 heteroatoms. The second-order valence-corrected chi connectivity index (χ2v) is 5.14. The van der Waals surface area contributed by atoms with Crippen molar-refractivity contribution < 1.29 is 9.47 Å². The van der Waals surface area contributed by atoms with Crippen LogP contribution in [0.3, 0.4) is 0 Å². The quantitative estimate of drug-likeness (QED) is 0.731. The minimum Gasteiger partial charge on any atom is -0.497 e. The van der Waals surface area contributed by atoms with Gasteiger partial charge < -0.3 is 9.47 Å². The molecule has 3 aromatic rings. The highest BCUT2D eigenvalue weighted by Gasteiger charge is 2.09. The standard InChI is InChI=1S/C15H13BrN2O2/c1-19-11-5-3-10(4-6-11)18-9-17-13-8-15(20-2)12(16)7-14(13)18/h3-9H,1-2H3. The Hall–Kier alpha value is -2.01. The van der Waals surface area contributed by atoms with Crippen molar-refractivity contribution in [3.63, 3.8) is 0 Å². The fourth-order valence-electron chi connectivity index (χ4n) is 2.12. The van der Waals surface area contributed by atoms with E-state index in [9.17, 15) is 0 Å². The maximum Gasteiger partial charge on any atom is 0.135 e. The Kier molecular flexibility index (Phi) is 3.36. The van der Waals surface area contributed by atoms with Gasteiger partial charge in [-0.05, 0) is 46.3 Å². The van der Waals surface area contributed by atoms with Crippen molar-refractivity contribution in [1.29, 1.82) is 0 Å². The van der Waals surface area contributed by atoms with Crippen LogP contribution in [0.15, 0.2) is 47.2 Å². The summed E-state index contributed by atoms with van der Waals surface area (Å²) in [7, 11) is 3.30. The topological polar surface area (TPSA) is 36.3 Å². The molecule has 0 unspecified atom stereocenters. The largest absolute Gasteiger partial charge is 0.497 e. The number of ether oxygens (including phenoxy) is 2. The molecule has 0 atom stereocenters. The Morgan fingerprint density at radius 2 is 1.80 bits per heavy atom. The van der Waals surface area contributed by atoms with Crippen molar-refractivity contribution in [3.8, 4) is 17.2 Å². The van der Waals surface area contributed by atoms with Crippen molar-refractivity contribution >= 4 is 27.0 Å². The molecule has 0 spiro atoms. The molecule has 0 saturated heterocycles. The third-order valence-corrected chi connectivity index (χ3v) is 3.79. The molecular formula is C15H13BrN2O2. The molecule has 0 aliphatic heterocycles. The van der Waals surface area contributed by atoms with E-state index in [2.05, 4.69) is 20.9 Å². The predicted molar refractivity (Wildman–Crippen MR) is 81.9 cm³/mol. The molecule has 1 heterocycles. The van der Waals surface area contributed by atoms with Crippen LogP contribution < -0.4 is 9.47 Å². The molecule has 1 aromatic heterocycles. The van der Waals surface area contributed by atoms with E-state index in [0.717, 1.165) is 32.7 Å². The van der Waals surface area contributed by atoms with Crippen LogP contribution in [0.25, 0.3) is 16.7 Å². The van der Waals surface area contributed by atoms with Gasteiger partial charge in [0.05, 0.1) is 29.7 Å². The zero-order valence-corrected chi connectivity index (χ0v) is 12.7. The number of benzene rings is 2. The SMILES string of the molecule is COc1ccc(-n2cnc3cc(OC)c(Br)cc32)cc1. The van der Waals surface area contributed by atoms with Gasteiger partial charge in [0.1, 0.15) is 17.8 Å². The number of methoxy groups -OCH3 is 2. The van der Waals surface area contributed by atoms with Gasteiger partial charge in [-0.1, -0.05) is 0 Å². The normalized spacial score (nSPS) is 10.8. The van der Waals surface area contributed by atoms with E-state index >= 15 is 0 Å². The first-order valence-corrected chi connectivity index (χ1v) is 6.87. The molecular weight excluding hydrogens is 320 g/mol. The average Bonchev–Trinajstić information content (AvgIpc) is 2.89. The van der Waals surface area contributed by atoms with E-state index in [1.54, 1.807) is 20.5 Å². The highest BCUT2D eigenvalue weighted by molar-refractivity contribution is 9.10. The first-order valence-electron chi connectivity index (χ1n) is 6.08. The number of imidazole rings is 1. The summed E-state index contributed by atoms with van der Waals surface area (Å²) in [5, 5.41) is 0. The minimum absolute atomic E-state index is 0.775. The second-order valence-electron chi connectivity index (χ2n) is 4.29. The van der Waals surface area contributed by atoms with Crippen molar-refractivity contribution in [3.05, 3.63) is 47.2 Å². The van der Waals surface area contributed by atoms with Gasteiger partial charge in [-0.3, -0.25) is 4.57 Å². The number of rotatable bonds is 3. The smallest absolute Gasteiger partial charge is 0.135 e. The Morgan fingerprint density at radius 3 is 2.45 bits per heavy atom. The molecule has 0 amide bonds. The van der Waals surface area contributed by atoms with Crippen molar-refractivity contribution in [1.82, 2.24) is 9.55 Å². The summed E-state index contributed by atoms with van der Waals surface area (Å²) < 4.78 is 13.4. The zero-order valence-electron chi connectivity index (χ0n) is 11.1. The van der Waals surface area contributed by atoms with Gasteiger partial charge in [0, 0.05) is 11.8 Å². The lowest BCUT2D eigenvalue weighted by atomic mass is 10.2. The van der Waals surface area contributed by atoms with Crippen LogP contribution in [0, 0.1) is 0 Å². The van der Waals surface area contributed by atoms with Crippen molar-refractivity contribution in [2.75, 3.05) is 14.2 Å². The molecule has 102 valence electrons. The summed E-state index contributed by atoms with van der Waals surface area (Å²) in [5.74, 6) is 1.61. The predicted octanol–water partition coefficient (Wildman–Crippen LogP) is 3.81. The zero-order chi connectivity index (χ0) is 14.1. The highest BCUT2D eigenvalue weighted by atomic mass is 79.9. The fourth-order valence-corrected chi connectivity index (χ4v) is 2.61. The number of fused-ring (bicyclic) bond motifs is 1. The minimum atomic E-state index is 0.775. The summed E-state index contributed by atoms with van der Waals surface area (Å²) in [6.07, 6.45) is 1.80. The summed E-state index contributed by atoms with van der Waals surface area (Å²) in [5.41, 5.74) is 2.94. The van der Waals surface area contributed by atoms with E-state index in [0.29, 0.717) is 0 Å². The van der Waals surface area contributed by atoms with Gasteiger partial charge in [0.25, 0.3) is 0 Å². The van der Waals surface area contributed by atoms with E-state index in [-0.39, 0.29) is 0 Å². The Morgan fingerprint density at radius 1 is 1.05 bits per heavy atom. The van der Waals surface area contributed by atoms with Crippen LogP contribution in [-0.2, 0) is 0 Å². The number of nitrogens with zero attached hydrogens (tertiary/aromatic N) is 2. The molecule has 0 N–H and O–H groups in total. The van der Waals surface area contributed by atoms with E-state index in [1.807, 2.05) is 41.0 Å². The number of halogens is 1. The first kappa shape index (κ1) is 13.0. The van der Waals surface area contributed by atoms with Crippen LogP contribution in [-0.4, -0.2) is 23.8 Å². The first-order chi connectivity index (χ1) is 9.72. The maximum absolute atomic E-state index is 5.29. The molecule has 0 aliphatic carbocycles. The molecule has 0 saturated carbocycles. The van der Waals surface area contributed by atoms with E-state index < -0.39 is 0 Å². The lowest BCUT2D eigenvalue weighted by Crippen LogP contribution is -1.93. The number of aromatic nitrogens is 2. The summed E-state index contributed by atoms with van der Waals surface area (Å²) in [6.45, 7) is 0. The number of hydrogen-bond acceptors (Lipinski definition) is 3. The van der Waals surface area contributed by atoms with Gasteiger partial charge in [0.15, 0.2) is 0 Å². The molecule has 0 bridgehead atoms. The van der Waals surface area contributed by atoms with Crippen LogP contribution >= 0.6 is 15.9 Å². The highest BCUT2D eigenvalue weighted by Crippen LogP contribution is 2.31. The average molecular weight is 333 g/mol. The fraction of sp³-hybridized carbons (Fsp3) is 0.133. The van der Waals surface area contributed by atoms with E-state index in [4.69, 9.17) is 9.47 Å². The van der Waals surface area contributed by atoms with Gasteiger partial charge in [-0.15, -0.1) is 0 Å². The van der Waals surface area contributed by atoms with Crippen LogP contribution in [0.4, 0.5) is 0 Å². The molecule has 3 rings (SSSR count). The third-order valence-electron chi connectivity index (χ3n) is 3.17. The monoisotopic (exact) mass is 332 g/mol. The van der Waals surface area contributed by atoms with Gasteiger partial charge >= 0.3 is 0 Å².